The van der Waals surface area contributed by atoms with E-state index in [2.05, 4.69) is 4.90 Å². The molecule has 0 radical (unpaired) electrons. The first-order valence-electron chi connectivity index (χ1n) is 10.9. The summed E-state index contributed by atoms with van der Waals surface area (Å²) in [4.78, 5) is 13.5. The topological polar surface area (TPSA) is 70.0 Å². The van der Waals surface area contributed by atoms with Crippen LogP contribution in [0.3, 0.4) is 0 Å². The molecule has 2 aromatic carbocycles. The van der Waals surface area contributed by atoms with E-state index < -0.39 is 11.8 Å². The number of carbonyl (C=O) groups is 1. The van der Waals surface area contributed by atoms with E-state index >= 15 is 0 Å². The summed E-state index contributed by atoms with van der Waals surface area (Å²) in [6.07, 6.45) is 3.68. The molecule has 0 aromatic heterocycles. The number of aliphatic hydroxyl groups excluding tert-OH is 1. The molecule has 1 saturated carbocycles. The van der Waals surface area contributed by atoms with E-state index in [4.69, 9.17) is 27.9 Å². The smallest absolute Gasteiger partial charge is 0.338 e. The van der Waals surface area contributed by atoms with Crippen molar-refractivity contribution in [1.82, 2.24) is 4.90 Å². The van der Waals surface area contributed by atoms with Crippen molar-refractivity contribution in [2.45, 2.75) is 37.6 Å². The fourth-order valence-corrected chi connectivity index (χ4v) is 4.96. The third kappa shape index (κ3) is 5.37. The fourth-order valence-electron chi connectivity index (χ4n) is 4.41. The first-order chi connectivity index (χ1) is 15.4. The van der Waals surface area contributed by atoms with Crippen molar-refractivity contribution in [2.75, 3.05) is 26.3 Å². The standard InChI is InChI=1S/C24H26Cl2FNO4/c25-17-7-16(8-18(26)9-17)22(12-29)28-5-3-14(4-6-28)13-32-23-11-21(27)20(24(30)31)10-19(23)15-1-2-15/h7-11,14-15,22,29H,1-6,12-13H2,(H,30,31). The Labute approximate surface area is 196 Å². The Hall–Kier alpha value is -1.86. The predicted molar refractivity (Wildman–Crippen MR) is 121 cm³/mol. The molecule has 1 aliphatic carbocycles. The van der Waals surface area contributed by atoms with Crippen LogP contribution in [0.5, 0.6) is 5.75 Å². The molecule has 0 amide bonds. The SMILES string of the molecule is O=C(O)c1cc(C2CC2)c(OCC2CCN(C(CO)c3cc(Cl)cc(Cl)c3)CC2)cc1F. The lowest BCUT2D eigenvalue weighted by Gasteiger charge is -2.37. The maximum Gasteiger partial charge on any atom is 0.338 e. The molecule has 5 nitrogen and oxygen atoms in total. The number of aromatic carboxylic acids is 1. The highest BCUT2D eigenvalue weighted by molar-refractivity contribution is 6.34. The Bertz CT molecular complexity index is 970. The van der Waals surface area contributed by atoms with Gasteiger partial charge < -0.3 is 14.9 Å². The number of rotatable bonds is 8. The number of carboxylic acid groups (broad SMARTS) is 1. The number of carboxylic acids is 1. The fraction of sp³-hybridized carbons (Fsp3) is 0.458. The number of halogens is 3. The monoisotopic (exact) mass is 481 g/mol. The largest absolute Gasteiger partial charge is 0.493 e. The highest BCUT2D eigenvalue weighted by atomic mass is 35.5. The van der Waals surface area contributed by atoms with Crippen molar-refractivity contribution in [1.29, 1.82) is 0 Å². The first kappa shape index (κ1) is 23.3. The molecular formula is C24H26Cl2FNO4. The van der Waals surface area contributed by atoms with E-state index in [1.807, 2.05) is 12.1 Å². The summed E-state index contributed by atoms with van der Waals surface area (Å²) in [7, 11) is 0. The quantitative estimate of drug-likeness (QED) is 0.518. The van der Waals surface area contributed by atoms with Gasteiger partial charge >= 0.3 is 5.97 Å². The first-order valence-corrected chi connectivity index (χ1v) is 11.6. The molecular weight excluding hydrogens is 456 g/mol. The van der Waals surface area contributed by atoms with Gasteiger partial charge in [-0.2, -0.15) is 0 Å². The summed E-state index contributed by atoms with van der Waals surface area (Å²) in [5, 5.41) is 20.3. The number of hydrogen-bond acceptors (Lipinski definition) is 4. The molecule has 172 valence electrons. The van der Waals surface area contributed by atoms with Crippen molar-refractivity contribution >= 4 is 29.2 Å². The van der Waals surface area contributed by atoms with Gasteiger partial charge in [0.1, 0.15) is 11.6 Å². The minimum Gasteiger partial charge on any atom is -0.493 e. The van der Waals surface area contributed by atoms with Gasteiger partial charge in [-0.1, -0.05) is 23.2 Å². The third-order valence-electron chi connectivity index (χ3n) is 6.35. The molecule has 32 heavy (non-hydrogen) atoms. The van der Waals surface area contributed by atoms with Crippen LogP contribution in [0.4, 0.5) is 4.39 Å². The molecule has 1 heterocycles. The maximum atomic E-state index is 14.2. The van der Waals surface area contributed by atoms with E-state index in [9.17, 15) is 19.4 Å². The Balaban J connectivity index is 1.37. The zero-order chi connectivity index (χ0) is 22.8. The second-order valence-electron chi connectivity index (χ2n) is 8.64. The number of piperidine rings is 1. The average molecular weight is 482 g/mol. The van der Waals surface area contributed by atoms with Crippen LogP contribution in [0, 0.1) is 11.7 Å². The summed E-state index contributed by atoms with van der Waals surface area (Å²) < 4.78 is 20.2. The van der Waals surface area contributed by atoms with Crippen LogP contribution >= 0.6 is 23.2 Å². The zero-order valence-electron chi connectivity index (χ0n) is 17.6. The summed E-state index contributed by atoms with van der Waals surface area (Å²) in [5.74, 6) is -1.03. The molecule has 8 heteroatoms. The molecule has 2 fully saturated rings. The normalized spacial score (nSPS) is 18.5. The van der Waals surface area contributed by atoms with Gasteiger partial charge in [0.25, 0.3) is 0 Å². The van der Waals surface area contributed by atoms with Gasteiger partial charge in [0.05, 0.1) is 24.8 Å². The molecule has 2 N–H and O–H groups in total. The third-order valence-corrected chi connectivity index (χ3v) is 6.79. The highest BCUT2D eigenvalue weighted by Gasteiger charge is 2.31. The molecule has 1 unspecified atom stereocenters. The van der Waals surface area contributed by atoms with Crippen molar-refractivity contribution in [3.63, 3.8) is 0 Å². The van der Waals surface area contributed by atoms with Crippen molar-refractivity contribution in [3.05, 3.63) is 62.9 Å². The molecule has 0 spiro atoms. The van der Waals surface area contributed by atoms with Crippen LogP contribution in [0.1, 0.15) is 59.1 Å². The minimum atomic E-state index is -1.26. The number of ether oxygens (including phenoxy) is 1. The molecule has 2 aliphatic rings. The van der Waals surface area contributed by atoms with Crippen LogP contribution in [-0.4, -0.2) is 47.4 Å². The van der Waals surface area contributed by atoms with E-state index in [0.717, 1.165) is 49.9 Å². The van der Waals surface area contributed by atoms with Crippen LogP contribution in [-0.2, 0) is 0 Å². The van der Waals surface area contributed by atoms with Gasteiger partial charge in [-0.25, -0.2) is 9.18 Å². The molecule has 1 saturated heterocycles. The maximum absolute atomic E-state index is 14.2. The Morgan fingerprint density at radius 1 is 1.09 bits per heavy atom. The van der Waals surface area contributed by atoms with Gasteiger partial charge in [0.2, 0.25) is 0 Å². The number of nitrogens with zero attached hydrogens (tertiary/aromatic N) is 1. The predicted octanol–water partition coefficient (Wildman–Crippen LogP) is 5.53. The number of likely N-dealkylation sites (tertiary alicyclic amines) is 1. The van der Waals surface area contributed by atoms with E-state index in [0.29, 0.717) is 28.3 Å². The number of benzene rings is 2. The molecule has 2 aromatic rings. The van der Waals surface area contributed by atoms with Crippen molar-refractivity contribution in [3.8, 4) is 5.75 Å². The Morgan fingerprint density at radius 3 is 2.31 bits per heavy atom. The molecule has 0 bridgehead atoms. The average Bonchev–Trinajstić information content (AvgIpc) is 3.58. The minimum absolute atomic E-state index is 0.0300. The van der Waals surface area contributed by atoms with E-state index in [-0.39, 0.29) is 24.1 Å². The van der Waals surface area contributed by atoms with Gasteiger partial charge in [0, 0.05) is 16.1 Å². The van der Waals surface area contributed by atoms with Gasteiger partial charge in [-0.05, 0) is 86.0 Å². The molecule has 4 rings (SSSR count). The lowest BCUT2D eigenvalue weighted by molar-refractivity contribution is 0.0691. The summed E-state index contributed by atoms with van der Waals surface area (Å²) in [5.41, 5.74) is 1.38. The molecule has 1 atom stereocenters. The van der Waals surface area contributed by atoms with Crippen LogP contribution in [0.25, 0.3) is 0 Å². The second kappa shape index (κ2) is 9.96. The highest BCUT2D eigenvalue weighted by Crippen LogP contribution is 2.45. The summed E-state index contributed by atoms with van der Waals surface area (Å²) in [6, 6.07) is 7.81. The second-order valence-corrected chi connectivity index (χ2v) is 9.51. The Kier molecular flexibility index (Phi) is 7.25. The van der Waals surface area contributed by atoms with Gasteiger partial charge in [-0.3, -0.25) is 4.90 Å². The van der Waals surface area contributed by atoms with Crippen LogP contribution < -0.4 is 4.74 Å². The van der Waals surface area contributed by atoms with Crippen molar-refractivity contribution < 1.29 is 24.1 Å². The van der Waals surface area contributed by atoms with Crippen LogP contribution in [0.15, 0.2) is 30.3 Å². The number of hydrogen-bond donors (Lipinski definition) is 2. The number of aliphatic hydroxyl groups is 1. The zero-order valence-corrected chi connectivity index (χ0v) is 19.1. The van der Waals surface area contributed by atoms with Crippen molar-refractivity contribution in [2.24, 2.45) is 5.92 Å². The lowest BCUT2D eigenvalue weighted by atomic mass is 9.95. The van der Waals surface area contributed by atoms with E-state index in [1.54, 1.807) is 6.07 Å². The van der Waals surface area contributed by atoms with Gasteiger partial charge in [0.15, 0.2) is 0 Å². The lowest BCUT2D eigenvalue weighted by Crippen LogP contribution is -2.39. The summed E-state index contributed by atoms with van der Waals surface area (Å²) in [6.45, 7) is 1.99. The molecule has 1 aliphatic heterocycles. The van der Waals surface area contributed by atoms with Crippen LogP contribution in [0.2, 0.25) is 10.0 Å². The summed E-state index contributed by atoms with van der Waals surface area (Å²) >= 11 is 12.3. The van der Waals surface area contributed by atoms with E-state index in [1.165, 1.54) is 12.1 Å². The van der Waals surface area contributed by atoms with Gasteiger partial charge in [-0.15, -0.1) is 0 Å². The Morgan fingerprint density at radius 2 is 1.75 bits per heavy atom.